The molecular weight excluding hydrogens is 608 g/mol. The maximum absolute atomic E-state index is 14.9. The molecule has 0 radical (unpaired) electrons. The van der Waals surface area contributed by atoms with E-state index >= 15 is 0 Å². The van der Waals surface area contributed by atoms with Crippen molar-refractivity contribution in [3.8, 4) is 0 Å². The van der Waals surface area contributed by atoms with Crippen LogP contribution in [0.25, 0.3) is 0 Å². The molecule has 2 aliphatic heterocycles. The Balaban J connectivity index is 1.41. The molecule has 1 saturated heterocycles. The molecule has 1 fully saturated rings. The molecule has 9 nitrogen and oxygen atoms in total. The Labute approximate surface area is 272 Å². The van der Waals surface area contributed by atoms with Crippen LogP contribution in [0.4, 0.5) is 14.5 Å². The number of methoxy groups -OCH3 is 1. The highest BCUT2D eigenvalue weighted by molar-refractivity contribution is 6.07. The molecule has 0 saturated carbocycles. The Kier molecular flexibility index (Phi) is 10.2. The first-order valence-corrected chi connectivity index (χ1v) is 15.5. The van der Waals surface area contributed by atoms with Gasteiger partial charge >= 0.3 is 11.9 Å². The van der Waals surface area contributed by atoms with E-state index in [2.05, 4.69) is 29.3 Å². The maximum atomic E-state index is 14.9. The topological polar surface area (TPSA) is 111 Å². The number of benzene rings is 3. The third kappa shape index (κ3) is 7.15. The summed E-state index contributed by atoms with van der Waals surface area (Å²) >= 11 is 0. The third-order valence-corrected chi connectivity index (χ3v) is 9.12. The lowest BCUT2D eigenvalue weighted by atomic mass is 9.75. The number of carbonyl (C=O) groups is 2. The molecule has 11 heteroatoms. The van der Waals surface area contributed by atoms with Gasteiger partial charge in [-0.1, -0.05) is 72.8 Å². The molecule has 3 atom stereocenters. The van der Waals surface area contributed by atoms with Crippen molar-refractivity contribution in [3.05, 3.63) is 123 Å². The second-order valence-corrected chi connectivity index (χ2v) is 12.0. The minimum atomic E-state index is -2.99. The number of alkyl halides is 2. The van der Waals surface area contributed by atoms with Crippen molar-refractivity contribution >= 4 is 23.3 Å². The number of allylic oxidation sites excluding steroid dienone is 1. The van der Waals surface area contributed by atoms with Gasteiger partial charge in [0.05, 0.1) is 17.6 Å². The van der Waals surface area contributed by atoms with Crippen molar-refractivity contribution < 1.29 is 32.8 Å². The first-order valence-electron chi connectivity index (χ1n) is 15.5. The van der Waals surface area contributed by atoms with Gasteiger partial charge < -0.3 is 9.47 Å². The number of non-ortho nitro benzene ring substituents is 1. The van der Waals surface area contributed by atoms with Crippen LogP contribution in [0.3, 0.4) is 0 Å². The molecule has 1 unspecified atom stereocenters. The van der Waals surface area contributed by atoms with Gasteiger partial charge in [-0.3, -0.25) is 24.8 Å². The van der Waals surface area contributed by atoms with E-state index in [0.29, 0.717) is 25.2 Å². The van der Waals surface area contributed by atoms with E-state index in [0.717, 1.165) is 11.1 Å². The van der Waals surface area contributed by atoms with E-state index < -0.39 is 40.7 Å². The number of hydrogen-bond donors (Lipinski definition) is 0. The van der Waals surface area contributed by atoms with Crippen molar-refractivity contribution in [2.24, 2.45) is 10.9 Å². The number of nitro benzene ring substituents is 1. The summed E-state index contributed by atoms with van der Waals surface area (Å²) in [6.45, 7) is 3.73. The standard InChI is InChI=1S/C36H37F2N3O6/c1-23-30(33(42)46-3)32(27-15-10-16-28(21-27)41(44)45)31(24(2)39-23)34(43)47-36(35(37)38)18-20-40(22-36)19-17-29(25-11-6-4-7-12-25)26-13-8-5-9-14-26/h4-16,21,29-30,32,35H,17-20,22H2,1-3H3/t30?,32-,36+/m0/s1. The molecule has 0 aromatic heterocycles. The van der Waals surface area contributed by atoms with Crippen molar-refractivity contribution in [3.63, 3.8) is 0 Å². The molecule has 0 bridgehead atoms. The average Bonchev–Trinajstić information content (AvgIpc) is 3.49. The predicted molar refractivity (Wildman–Crippen MR) is 172 cm³/mol. The van der Waals surface area contributed by atoms with E-state index in [4.69, 9.17) is 9.47 Å². The molecular formula is C36H37F2N3O6. The average molecular weight is 646 g/mol. The lowest BCUT2D eigenvalue weighted by Crippen LogP contribution is -2.46. The summed E-state index contributed by atoms with van der Waals surface area (Å²) in [6.07, 6.45) is -2.42. The van der Waals surface area contributed by atoms with E-state index in [1.54, 1.807) is 13.0 Å². The van der Waals surface area contributed by atoms with Gasteiger partial charge in [0.25, 0.3) is 12.1 Å². The third-order valence-electron chi connectivity index (χ3n) is 9.12. The summed E-state index contributed by atoms with van der Waals surface area (Å²) in [4.78, 5) is 44.3. The summed E-state index contributed by atoms with van der Waals surface area (Å²) in [5, 5.41) is 11.6. The zero-order chi connectivity index (χ0) is 33.7. The number of nitrogens with zero attached hydrogens (tertiary/aromatic N) is 3. The minimum Gasteiger partial charge on any atom is -0.468 e. The van der Waals surface area contributed by atoms with Crippen LogP contribution in [0.1, 0.15) is 55.2 Å². The Morgan fingerprint density at radius 1 is 1.02 bits per heavy atom. The highest BCUT2D eigenvalue weighted by Gasteiger charge is 2.51. The second-order valence-electron chi connectivity index (χ2n) is 12.0. The van der Waals surface area contributed by atoms with Gasteiger partial charge in [-0.05, 0) is 43.5 Å². The smallest absolute Gasteiger partial charge is 0.337 e. The van der Waals surface area contributed by atoms with Gasteiger partial charge in [0.15, 0.2) is 5.60 Å². The second kappa shape index (κ2) is 14.3. The summed E-state index contributed by atoms with van der Waals surface area (Å²) in [5.74, 6) is -3.94. The van der Waals surface area contributed by atoms with E-state index in [-0.39, 0.29) is 41.4 Å². The maximum Gasteiger partial charge on any atom is 0.337 e. The van der Waals surface area contributed by atoms with Crippen LogP contribution in [0.15, 0.2) is 101 Å². The fraction of sp³-hybridized carbons (Fsp3) is 0.361. The van der Waals surface area contributed by atoms with Gasteiger partial charge in [0, 0.05) is 54.9 Å². The molecule has 0 spiro atoms. The first kappa shape index (κ1) is 33.6. The molecule has 2 aliphatic rings. The molecule has 5 rings (SSSR count). The number of nitro groups is 1. The number of rotatable bonds is 11. The highest BCUT2D eigenvalue weighted by Crippen LogP contribution is 2.43. The first-order chi connectivity index (χ1) is 22.5. The largest absolute Gasteiger partial charge is 0.468 e. The highest BCUT2D eigenvalue weighted by atomic mass is 19.3. The quantitative estimate of drug-likeness (QED) is 0.130. The van der Waals surface area contributed by atoms with Crippen molar-refractivity contribution in [1.82, 2.24) is 4.90 Å². The molecule has 0 amide bonds. The van der Waals surface area contributed by atoms with E-state index in [9.17, 15) is 28.5 Å². The van der Waals surface area contributed by atoms with E-state index in [1.165, 1.54) is 32.2 Å². The van der Waals surface area contributed by atoms with Gasteiger partial charge in [0.1, 0.15) is 5.92 Å². The number of carbonyl (C=O) groups excluding carboxylic acids is 2. The fourth-order valence-electron chi connectivity index (χ4n) is 6.75. The molecule has 47 heavy (non-hydrogen) atoms. The molecule has 3 aromatic rings. The van der Waals surface area contributed by atoms with E-state index in [1.807, 2.05) is 41.3 Å². The summed E-state index contributed by atoms with van der Waals surface area (Å²) < 4.78 is 40.6. The number of ether oxygens (including phenoxy) is 2. The van der Waals surface area contributed by atoms with Gasteiger partial charge in [-0.25, -0.2) is 13.6 Å². The summed E-state index contributed by atoms with van der Waals surface area (Å²) in [6, 6.07) is 25.5. The van der Waals surface area contributed by atoms with Gasteiger partial charge in [-0.15, -0.1) is 0 Å². The Bertz CT molecular complexity index is 1640. The number of esters is 2. The predicted octanol–water partition coefficient (Wildman–Crippen LogP) is 6.69. The Morgan fingerprint density at radius 2 is 1.66 bits per heavy atom. The van der Waals surface area contributed by atoms with Crippen molar-refractivity contribution in [1.29, 1.82) is 0 Å². The van der Waals surface area contributed by atoms with Crippen molar-refractivity contribution in [2.45, 2.75) is 50.6 Å². The van der Waals surface area contributed by atoms with Crippen LogP contribution < -0.4 is 0 Å². The SMILES string of the molecule is COC(=O)C1C(C)=NC(C)=C(C(=O)O[C@]2(C(F)F)CCN(CCC(c3ccccc3)c3ccccc3)C2)[C@H]1c1cccc([N+](=O)[O-])c1. The van der Waals surface area contributed by atoms with Gasteiger partial charge in [-0.2, -0.15) is 0 Å². The lowest BCUT2D eigenvalue weighted by molar-refractivity contribution is -0.384. The number of likely N-dealkylation sites (tertiary alicyclic amines) is 1. The number of halogens is 2. The zero-order valence-electron chi connectivity index (χ0n) is 26.5. The molecule has 2 heterocycles. The van der Waals surface area contributed by atoms with Gasteiger partial charge in [0.2, 0.25) is 0 Å². The number of aliphatic imine (C=N–C) groups is 1. The zero-order valence-corrected chi connectivity index (χ0v) is 26.5. The monoisotopic (exact) mass is 645 g/mol. The normalized spacial score (nSPS) is 21.6. The van der Waals surface area contributed by atoms with Crippen LogP contribution in [0.2, 0.25) is 0 Å². The van der Waals surface area contributed by atoms with Crippen molar-refractivity contribution in [2.75, 3.05) is 26.7 Å². The van der Waals surface area contributed by atoms with Crippen LogP contribution in [-0.2, 0) is 19.1 Å². The van der Waals surface area contributed by atoms with Crippen LogP contribution in [0.5, 0.6) is 0 Å². The molecule has 3 aromatic carbocycles. The number of hydrogen-bond acceptors (Lipinski definition) is 8. The van der Waals surface area contributed by atoms with Crippen LogP contribution >= 0.6 is 0 Å². The van der Waals surface area contributed by atoms with Crippen LogP contribution in [0, 0.1) is 16.0 Å². The minimum absolute atomic E-state index is 0.0450. The Hall–Kier alpha value is -4.77. The summed E-state index contributed by atoms with van der Waals surface area (Å²) in [7, 11) is 1.18. The summed E-state index contributed by atoms with van der Waals surface area (Å²) in [5.41, 5.74) is 0.543. The molecule has 246 valence electrons. The lowest BCUT2D eigenvalue weighted by Gasteiger charge is -2.34. The van der Waals surface area contributed by atoms with Crippen LogP contribution in [-0.4, -0.2) is 66.2 Å². The molecule has 0 aliphatic carbocycles. The fourth-order valence-corrected chi connectivity index (χ4v) is 6.75. The Morgan fingerprint density at radius 3 is 2.23 bits per heavy atom. The molecule has 0 N–H and O–H groups in total.